The van der Waals surface area contributed by atoms with Gasteiger partial charge in [-0.1, -0.05) is 37.3 Å². The molecule has 1 heterocycles. The largest absolute Gasteiger partial charge is 0.373 e. The quantitative estimate of drug-likeness (QED) is 0.844. The van der Waals surface area contributed by atoms with Crippen LogP contribution in [0.5, 0.6) is 0 Å². The molecule has 0 aliphatic rings. The van der Waals surface area contributed by atoms with Gasteiger partial charge < -0.3 is 10.6 Å². The van der Waals surface area contributed by atoms with E-state index in [-0.39, 0.29) is 0 Å². The summed E-state index contributed by atoms with van der Waals surface area (Å²) >= 11 is 0. The molecule has 0 amide bonds. The van der Waals surface area contributed by atoms with Crippen LogP contribution in [0, 0.1) is 6.92 Å². The van der Waals surface area contributed by atoms with Crippen molar-refractivity contribution in [3.05, 3.63) is 47.8 Å². The second-order valence-corrected chi connectivity index (χ2v) is 4.97. The Kier molecular flexibility index (Phi) is 4.93. The molecule has 1 aromatic heterocycles. The molecule has 2 aromatic rings. The Bertz CT molecular complexity index is 539. The maximum absolute atomic E-state index is 4.29. The van der Waals surface area contributed by atoms with Crippen molar-refractivity contribution in [2.45, 2.75) is 26.2 Å². The van der Waals surface area contributed by atoms with E-state index in [1.807, 2.05) is 14.0 Å². The minimum atomic E-state index is 0.537. The summed E-state index contributed by atoms with van der Waals surface area (Å²) in [6.45, 7) is 5.18. The third-order valence-corrected chi connectivity index (χ3v) is 3.56. The molecule has 1 aromatic carbocycles. The number of hydrogen-bond donors (Lipinski definition) is 2. The molecule has 2 rings (SSSR count). The second kappa shape index (κ2) is 6.89. The molecule has 1 unspecified atom stereocenters. The standard InChI is InChI=1S/C16H22N4/c1-12(14-7-5-4-6-8-14)9-10-18-16-13(2)15(17-3)19-11-20-16/h4-8,11-12H,9-10H2,1-3H3,(H2,17,18,19,20). The van der Waals surface area contributed by atoms with E-state index in [0.29, 0.717) is 5.92 Å². The Morgan fingerprint density at radius 3 is 2.50 bits per heavy atom. The fourth-order valence-electron chi connectivity index (χ4n) is 2.24. The molecule has 2 N–H and O–H groups in total. The number of benzene rings is 1. The van der Waals surface area contributed by atoms with Crippen molar-refractivity contribution < 1.29 is 0 Å². The summed E-state index contributed by atoms with van der Waals surface area (Å²) in [5.74, 6) is 2.32. The molecule has 0 aliphatic heterocycles. The van der Waals surface area contributed by atoms with E-state index in [4.69, 9.17) is 0 Å². The van der Waals surface area contributed by atoms with Crippen molar-refractivity contribution in [2.24, 2.45) is 0 Å². The Morgan fingerprint density at radius 1 is 1.10 bits per heavy atom. The molecule has 0 fully saturated rings. The summed E-state index contributed by atoms with van der Waals surface area (Å²) in [7, 11) is 1.87. The zero-order valence-electron chi connectivity index (χ0n) is 12.4. The van der Waals surface area contributed by atoms with Crippen molar-refractivity contribution >= 4 is 11.6 Å². The van der Waals surface area contributed by atoms with Gasteiger partial charge in [-0.15, -0.1) is 0 Å². The lowest BCUT2D eigenvalue weighted by molar-refractivity contribution is 0.704. The molecule has 0 aliphatic carbocycles. The van der Waals surface area contributed by atoms with Crippen LogP contribution >= 0.6 is 0 Å². The first-order valence-corrected chi connectivity index (χ1v) is 7.00. The fourth-order valence-corrected chi connectivity index (χ4v) is 2.24. The van der Waals surface area contributed by atoms with Gasteiger partial charge in [0.15, 0.2) is 0 Å². The molecule has 20 heavy (non-hydrogen) atoms. The summed E-state index contributed by atoms with van der Waals surface area (Å²) < 4.78 is 0. The number of hydrogen-bond acceptors (Lipinski definition) is 4. The van der Waals surface area contributed by atoms with E-state index in [1.165, 1.54) is 5.56 Å². The second-order valence-electron chi connectivity index (χ2n) is 4.97. The van der Waals surface area contributed by atoms with Gasteiger partial charge in [0.25, 0.3) is 0 Å². The molecule has 0 saturated heterocycles. The average molecular weight is 270 g/mol. The smallest absolute Gasteiger partial charge is 0.134 e. The van der Waals surface area contributed by atoms with Crippen LogP contribution in [-0.2, 0) is 0 Å². The van der Waals surface area contributed by atoms with Crippen molar-refractivity contribution in [1.82, 2.24) is 9.97 Å². The minimum absolute atomic E-state index is 0.537. The van der Waals surface area contributed by atoms with Gasteiger partial charge in [-0.3, -0.25) is 0 Å². The van der Waals surface area contributed by atoms with Crippen LogP contribution in [0.3, 0.4) is 0 Å². The SMILES string of the molecule is CNc1ncnc(NCCC(C)c2ccccc2)c1C. The summed E-state index contributed by atoms with van der Waals surface area (Å²) in [6, 6.07) is 10.6. The Hall–Kier alpha value is -2.10. The Morgan fingerprint density at radius 2 is 1.80 bits per heavy atom. The number of nitrogens with one attached hydrogen (secondary N) is 2. The molecule has 4 nitrogen and oxygen atoms in total. The lowest BCUT2D eigenvalue weighted by atomic mass is 9.98. The van der Waals surface area contributed by atoms with Gasteiger partial charge in [0.1, 0.15) is 18.0 Å². The predicted molar refractivity (Wildman–Crippen MR) is 84.3 cm³/mol. The molecule has 0 radical (unpaired) electrons. The van der Waals surface area contributed by atoms with Gasteiger partial charge in [0, 0.05) is 19.2 Å². The first kappa shape index (κ1) is 14.3. The van der Waals surface area contributed by atoms with Crippen LogP contribution < -0.4 is 10.6 Å². The molecule has 0 spiro atoms. The van der Waals surface area contributed by atoms with Crippen LogP contribution in [0.4, 0.5) is 11.6 Å². The Balaban J connectivity index is 1.90. The van der Waals surface area contributed by atoms with Gasteiger partial charge in [-0.2, -0.15) is 0 Å². The van der Waals surface area contributed by atoms with Gasteiger partial charge in [-0.05, 0) is 24.8 Å². The zero-order chi connectivity index (χ0) is 14.4. The zero-order valence-corrected chi connectivity index (χ0v) is 12.4. The lowest BCUT2D eigenvalue weighted by Crippen LogP contribution is -2.09. The number of anilines is 2. The van der Waals surface area contributed by atoms with E-state index in [9.17, 15) is 0 Å². The fraction of sp³-hybridized carbons (Fsp3) is 0.375. The van der Waals surface area contributed by atoms with Crippen LogP contribution in [0.1, 0.15) is 30.4 Å². The van der Waals surface area contributed by atoms with E-state index < -0.39 is 0 Å². The number of rotatable bonds is 6. The molecular weight excluding hydrogens is 248 g/mol. The van der Waals surface area contributed by atoms with Crippen LogP contribution in [-0.4, -0.2) is 23.6 Å². The van der Waals surface area contributed by atoms with Crippen LogP contribution in [0.15, 0.2) is 36.7 Å². The van der Waals surface area contributed by atoms with Gasteiger partial charge in [0.05, 0.1) is 0 Å². The van der Waals surface area contributed by atoms with Crippen LogP contribution in [0.25, 0.3) is 0 Å². The number of nitrogens with zero attached hydrogens (tertiary/aromatic N) is 2. The maximum atomic E-state index is 4.29. The third-order valence-electron chi connectivity index (χ3n) is 3.56. The Labute approximate surface area is 120 Å². The minimum Gasteiger partial charge on any atom is -0.373 e. The highest BCUT2D eigenvalue weighted by Gasteiger charge is 2.07. The highest BCUT2D eigenvalue weighted by Crippen LogP contribution is 2.20. The lowest BCUT2D eigenvalue weighted by Gasteiger charge is -2.14. The van der Waals surface area contributed by atoms with Gasteiger partial charge >= 0.3 is 0 Å². The highest BCUT2D eigenvalue weighted by molar-refractivity contribution is 5.55. The molecule has 4 heteroatoms. The van der Waals surface area contributed by atoms with E-state index >= 15 is 0 Å². The summed E-state index contributed by atoms with van der Waals surface area (Å²) in [6.07, 6.45) is 2.66. The first-order chi connectivity index (χ1) is 9.72. The van der Waals surface area contributed by atoms with E-state index in [2.05, 4.69) is 57.9 Å². The third kappa shape index (κ3) is 3.47. The van der Waals surface area contributed by atoms with E-state index in [0.717, 1.165) is 30.2 Å². The molecule has 0 bridgehead atoms. The van der Waals surface area contributed by atoms with Crippen molar-refractivity contribution in [3.8, 4) is 0 Å². The highest BCUT2D eigenvalue weighted by atomic mass is 15.1. The van der Waals surface area contributed by atoms with Crippen LogP contribution in [0.2, 0.25) is 0 Å². The van der Waals surface area contributed by atoms with Gasteiger partial charge in [-0.25, -0.2) is 9.97 Å². The normalized spacial score (nSPS) is 11.9. The molecular formula is C16H22N4. The van der Waals surface area contributed by atoms with Crippen molar-refractivity contribution in [3.63, 3.8) is 0 Å². The van der Waals surface area contributed by atoms with E-state index in [1.54, 1.807) is 6.33 Å². The maximum Gasteiger partial charge on any atom is 0.134 e. The molecule has 106 valence electrons. The first-order valence-electron chi connectivity index (χ1n) is 7.00. The summed E-state index contributed by atoms with van der Waals surface area (Å²) in [4.78, 5) is 8.48. The van der Waals surface area contributed by atoms with Crippen molar-refractivity contribution in [1.29, 1.82) is 0 Å². The average Bonchev–Trinajstić information content (AvgIpc) is 2.49. The predicted octanol–water partition coefficient (Wildman–Crippen LogP) is 3.43. The molecule has 1 atom stereocenters. The van der Waals surface area contributed by atoms with Crippen molar-refractivity contribution in [2.75, 3.05) is 24.2 Å². The molecule has 0 saturated carbocycles. The summed E-state index contributed by atoms with van der Waals surface area (Å²) in [5, 5.41) is 6.47. The summed E-state index contributed by atoms with van der Waals surface area (Å²) in [5.41, 5.74) is 2.44. The number of aromatic nitrogens is 2. The van der Waals surface area contributed by atoms with Gasteiger partial charge in [0.2, 0.25) is 0 Å². The monoisotopic (exact) mass is 270 g/mol. The topological polar surface area (TPSA) is 49.8 Å².